The normalized spacial score (nSPS) is 12.5. The first kappa shape index (κ1) is 10.6. The van der Waals surface area contributed by atoms with Gasteiger partial charge in [0.1, 0.15) is 11.0 Å². The van der Waals surface area contributed by atoms with Crippen LogP contribution >= 0.6 is 11.6 Å². The van der Waals surface area contributed by atoms with Gasteiger partial charge in [0.2, 0.25) is 0 Å². The number of hydrogen-bond acceptors (Lipinski definition) is 1. The van der Waals surface area contributed by atoms with Crippen LogP contribution in [0.1, 0.15) is 46.5 Å². The van der Waals surface area contributed by atoms with Crippen LogP contribution in [0.3, 0.4) is 0 Å². The molecule has 0 N–H and O–H groups in total. The average Bonchev–Trinajstić information content (AvgIpc) is 2.28. The molecule has 0 unspecified atom stereocenters. The van der Waals surface area contributed by atoms with Crippen molar-refractivity contribution in [3.05, 3.63) is 17.2 Å². The SMILES string of the molecule is CC(C)n1c(Cl)cnc1C(C)(C)C. The molecule has 0 fully saturated rings. The monoisotopic (exact) mass is 200 g/mol. The first-order chi connectivity index (χ1) is 5.84. The maximum Gasteiger partial charge on any atom is 0.129 e. The smallest absolute Gasteiger partial charge is 0.129 e. The molecule has 0 radical (unpaired) electrons. The Bertz CT molecular complexity index is 294. The Kier molecular flexibility index (Phi) is 2.71. The van der Waals surface area contributed by atoms with E-state index in [4.69, 9.17) is 11.6 Å². The Morgan fingerprint density at radius 3 is 2.23 bits per heavy atom. The third-order valence-electron chi connectivity index (χ3n) is 1.94. The highest BCUT2D eigenvalue weighted by atomic mass is 35.5. The number of halogens is 1. The summed E-state index contributed by atoms with van der Waals surface area (Å²) in [6.07, 6.45) is 1.72. The van der Waals surface area contributed by atoms with E-state index in [1.165, 1.54) is 0 Å². The van der Waals surface area contributed by atoms with E-state index >= 15 is 0 Å². The molecule has 0 saturated heterocycles. The van der Waals surface area contributed by atoms with E-state index in [-0.39, 0.29) is 5.41 Å². The molecule has 0 spiro atoms. The highest BCUT2D eigenvalue weighted by Crippen LogP contribution is 2.27. The van der Waals surface area contributed by atoms with Crippen molar-refractivity contribution >= 4 is 11.6 Å². The highest BCUT2D eigenvalue weighted by molar-refractivity contribution is 6.29. The molecular formula is C10H17ClN2. The van der Waals surface area contributed by atoms with Crippen LogP contribution in [0.15, 0.2) is 6.20 Å². The first-order valence-corrected chi connectivity index (χ1v) is 4.95. The standard InChI is InChI=1S/C10H17ClN2/c1-7(2)13-8(11)6-12-9(13)10(3,4)5/h6-7H,1-5H3. The van der Waals surface area contributed by atoms with Gasteiger partial charge in [-0.2, -0.15) is 0 Å². The predicted octanol–water partition coefficient (Wildman–Crippen LogP) is 3.41. The van der Waals surface area contributed by atoms with Gasteiger partial charge in [0.05, 0.1) is 6.20 Å². The molecule has 13 heavy (non-hydrogen) atoms. The van der Waals surface area contributed by atoms with Crippen molar-refractivity contribution in [1.29, 1.82) is 0 Å². The van der Waals surface area contributed by atoms with Crippen LogP contribution in [0.25, 0.3) is 0 Å². The number of hydrogen-bond donors (Lipinski definition) is 0. The van der Waals surface area contributed by atoms with Crippen molar-refractivity contribution in [3.8, 4) is 0 Å². The van der Waals surface area contributed by atoms with E-state index in [0.717, 1.165) is 11.0 Å². The Hall–Kier alpha value is -0.500. The minimum Gasteiger partial charge on any atom is -0.316 e. The molecular weight excluding hydrogens is 184 g/mol. The third-order valence-corrected chi connectivity index (χ3v) is 2.22. The van der Waals surface area contributed by atoms with Gasteiger partial charge in [-0.05, 0) is 13.8 Å². The fraction of sp³-hybridized carbons (Fsp3) is 0.700. The molecule has 1 aromatic heterocycles. The molecule has 2 nitrogen and oxygen atoms in total. The number of aromatic nitrogens is 2. The Labute approximate surface area is 84.9 Å². The fourth-order valence-corrected chi connectivity index (χ4v) is 1.71. The molecule has 0 atom stereocenters. The van der Waals surface area contributed by atoms with E-state index in [1.807, 2.05) is 0 Å². The van der Waals surface area contributed by atoms with Gasteiger partial charge in [-0.1, -0.05) is 32.4 Å². The summed E-state index contributed by atoms with van der Waals surface area (Å²) < 4.78 is 2.07. The first-order valence-electron chi connectivity index (χ1n) is 4.57. The molecule has 1 heterocycles. The Balaban J connectivity index is 3.23. The molecule has 0 saturated carbocycles. The number of imidazole rings is 1. The van der Waals surface area contributed by atoms with Gasteiger partial charge >= 0.3 is 0 Å². The molecule has 0 aliphatic heterocycles. The van der Waals surface area contributed by atoms with Gasteiger partial charge in [0.25, 0.3) is 0 Å². The third kappa shape index (κ3) is 2.05. The summed E-state index contributed by atoms with van der Waals surface area (Å²) in [4.78, 5) is 4.34. The topological polar surface area (TPSA) is 17.8 Å². The molecule has 3 heteroatoms. The van der Waals surface area contributed by atoms with Crippen molar-refractivity contribution < 1.29 is 0 Å². The summed E-state index contributed by atoms with van der Waals surface area (Å²) in [6, 6.07) is 0.365. The highest BCUT2D eigenvalue weighted by Gasteiger charge is 2.22. The van der Waals surface area contributed by atoms with E-state index < -0.39 is 0 Å². The molecule has 1 aromatic rings. The van der Waals surface area contributed by atoms with Crippen molar-refractivity contribution in [1.82, 2.24) is 9.55 Å². The zero-order valence-corrected chi connectivity index (χ0v) is 9.68. The van der Waals surface area contributed by atoms with E-state index in [9.17, 15) is 0 Å². The second-order valence-electron chi connectivity index (χ2n) is 4.62. The molecule has 74 valence electrons. The van der Waals surface area contributed by atoms with Crippen molar-refractivity contribution in [2.24, 2.45) is 0 Å². The summed E-state index contributed by atoms with van der Waals surface area (Å²) in [5, 5.41) is 0.722. The Morgan fingerprint density at radius 2 is 1.92 bits per heavy atom. The predicted molar refractivity (Wildman–Crippen MR) is 56.3 cm³/mol. The number of rotatable bonds is 1. The minimum absolute atomic E-state index is 0.0530. The summed E-state index contributed by atoms with van der Waals surface area (Å²) in [5.74, 6) is 1.05. The van der Waals surface area contributed by atoms with Crippen LogP contribution in [-0.4, -0.2) is 9.55 Å². The van der Waals surface area contributed by atoms with Gasteiger partial charge in [-0.25, -0.2) is 4.98 Å². The van der Waals surface area contributed by atoms with Gasteiger partial charge < -0.3 is 4.57 Å². The Morgan fingerprint density at radius 1 is 1.38 bits per heavy atom. The lowest BCUT2D eigenvalue weighted by Gasteiger charge is -2.22. The summed E-state index contributed by atoms with van der Waals surface area (Å²) in [5.41, 5.74) is 0.0530. The number of nitrogens with zero attached hydrogens (tertiary/aromatic N) is 2. The zero-order chi connectivity index (χ0) is 10.2. The second-order valence-corrected chi connectivity index (χ2v) is 5.01. The zero-order valence-electron chi connectivity index (χ0n) is 8.93. The lowest BCUT2D eigenvalue weighted by Crippen LogP contribution is -2.20. The van der Waals surface area contributed by atoms with Crippen molar-refractivity contribution in [3.63, 3.8) is 0 Å². The second kappa shape index (κ2) is 3.33. The lowest BCUT2D eigenvalue weighted by atomic mass is 9.95. The van der Waals surface area contributed by atoms with Crippen LogP contribution < -0.4 is 0 Å². The van der Waals surface area contributed by atoms with Crippen LogP contribution in [0, 0.1) is 0 Å². The molecule has 0 aliphatic rings. The molecule has 1 rings (SSSR count). The molecule has 0 bridgehead atoms. The largest absolute Gasteiger partial charge is 0.316 e. The average molecular weight is 201 g/mol. The summed E-state index contributed by atoms with van der Waals surface area (Å²) in [7, 11) is 0. The quantitative estimate of drug-likeness (QED) is 0.680. The van der Waals surface area contributed by atoms with E-state index in [0.29, 0.717) is 6.04 Å². The van der Waals surface area contributed by atoms with Gasteiger partial charge in [-0.3, -0.25) is 0 Å². The fourth-order valence-electron chi connectivity index (χ4n) is 1.39. The van der Waals surface area contributed by atoms with Crippen LogP contribution in [0.5, 0.6) is 0 Å². The van der Waals surface area contributed by atoms with E-state index in [1.54, 1.807) is 6.20 Å². The van der Waals surface area contributed by atoms with Crippen LogP contribution in [0.4, 0.5) is 0 Å². The van der Waals surface area contributed by atoms with Crippen molar-refractivity contribution in [2.75, 3.05) is 0 Å². The van der Waals surface area contributed by atoms with Crippen molar-refractivity contribution in [2.45, 2.75) is 46.1 Å². The van der Waals surface area contributed by atoms with Crippen LogP contribution in [-0.2, 0) is 5.41 Å². The van der Waals surface area contributed by atoms with Gasteiger partial charge in [0, 0.05) is 11.5 Å². The molecule has 0 aliphatic carbocycles. The molecule has 0 amide bonds. The lowest BCUT2D eigenvalue weighted by molar-refractivity contribution is 0.469. The minimum atomic E-state index is 0.0530. The van der Waals surface area contributed by atoms with Gasteiger partial charge in [-0.15, -0.1) is 0 Å². The summed E-state index contributed by atoms with van der Waals surface area (Å²) in [6.45, 7) is 10.7. The maximum absolute atomic E-state index is 6.05. The summed E-state index contributed by atoms with van der Waals surface area (Å²) >= 11 is 6.05. The maximum atomic E-state index is 6.05. The molecule has 0 aromatic carbocycles. The van der Waals surface area contributed by atoms with Crippen LogP contribution in [0.2, 0.25) is 5.15 Å². The van der Waals surface area contributed by atoms with E-state index in [2.05, 4.69) is 44.2 Å². The van der Waals surface area contributed by atoms with Gasteiger partial charge in [0.15, 0.2) is 0 Å².